The molecule has 0 bridgehead atoms. The van der Waals surface area contributed by atoms with Crippen LogP contribution < -0.4 is 9.47 Å². The van der Waals surface area contributed by atoms with Crippen LogP contribution in [0, 0.1) is 23.2 Å². The summed E-state index contributed by atoms with van der Waals surface area (Å²) in [6.07, 6.45) is 7.17. The fourth-order valence-corrected chi connectivity index (χ4v) is 3.54. The maximum absolute atomic E-state index is 13.8. The largest absolute Gasteiger partial charge is 0.493 e. The molecule has 0 spiro atoms. The Morgan fingerprint density at radius 3 is 2.57 bits per heavy atom. The highest BCUT2D eigenvalue weighted by molar-refractivity contribution is 5.94. The predicted octanol–water partition coefficient (Wildman–Crippen LogP) is 6.36. The van der Waals surface area contributed by atoms with Gasteiger partial charge in [-0.3, -0.25) is 0 Å². The van der Waals surface area contributed by atoms with Gasteiger partial charge in [0.05, 0.1) is 6.61 Å². The first-order valence-electron chi connectivity index (χ1n) is 11.8. The van der Waals surface area contributed by atoms with Crippen LogP contribution in [0.5, 0.6) is 11.5 Å². The van der Waals surface area contributed by atoms with E-state index in [0.29, 0.717) is 12.8 Å². The molecule has 35 heavy (non-hydrogen) atoms. The van der Waals surface area contributed by atoms with E-state index < -0.39 is 23.4 Å². The van der Waals surface area contributed by atoms with Crippen LogP contribution in [-0.4, -0.2) is 24.1 Å². The lowest BCUT2D eigenvalue weighted by Gasteiger charge is -2.26. The highest BCUT2D eigenvalue weighted by atomic mass is 19.1. The van der Waals surface area contributed by atoms with Gasteiger partial charge in [-0.05, 0) is 43.2 Å². The van der Waals surface area contributed by atoms with Crippen LogP contribution in [0.15, 0.2) is 55.1 Å². The number of nitriles is 1. The third kappa shape index (κ3) is 8.90. The summed E-state index contributed by atoms with van der Waals surface area (Å²) in [5.74, 6) is -2.03. The number of para-hydroxylation sites is 1. The molecule has 1 unspecified atom stereocenters. The molecule has 185 valence electrons. The van der Waals surface area contributed by atoms with Gasteiger partial charge in [0.25, 0.3) is 0 Å². The van der Waals surface area contributed by atoms with Gasteiger partial charge in [0, 0.05) is 18.9 Å². The summed E-state index contributed by atoms with van der Waals surface area (Å²) in [5.41, 5.74) is -1.12. The molecule has 7 heteroatoms. The van der Waals surface area contributed by atoms with Gasteiger partial charge in [-0.25, -0.2) is 14.0 Å². The molecule has 0 N–H and O–H groups in total. The Labute approximate surface area is 206 Å². The molecule has 0 aromatic heterocycles. The molecule has 0 aliphatic carbocycles. The Hall–Kier alpha value is -3.66. The maximum atomic E-state index is 13.8. The molecule has 0 saturated heterocycles. The van der Waals surface area contributed by atoms with Crippen molar-refractivity contribution in [3.05, 3.63) is 72.6 Å². The third-order valence-corrected chi connectivity index (χ3v) is 5.42. The van der Waals surface area contributed by atoms with Gasteiger partial charge in [-0.1, -0.05) is 57.4 Å². The number of unbranched alkanes of at least 4 members (excludes halogenated alkanes) is 4. The van der Waals surface area contributed by atoms with Crippen LogP contribution in [0.4, 0.5) is 4.39 Å². The Bertz CT molecular complexity index is 1030. The zero-order valence-corrected chi connectivity index (χ0v) is 20.1. The number of carbonyl (C=O) groups is 2. The lowest BCUT2D eigenvalue weighted by Crippen LogP contribution is -2.33. The molecule has 0 amide bonds. The zero-order valence-electron chi connectivity index (χ0n) is 20.1. The number of hydrogen-bond donors (Lipinski definition) is 0. The second kappa shape index (κ2) is 14.6. The lowest BCUT2D eigenvalue weighted by atomic mass is 9.92. The second-order valence-corrected chi connectivity index (χ2v) is 8.09. The summed E-state index contributed by atoms with van der Waals surface area (Å²) in [6.45, 7) is 5.72. The van der Waals surface area contributed by atoms with Crippen LogP contribution in [0.1, 0.15) is 68.6 Å². The van der Waals surface area contributed by atoms with Crippen molar-refractivity contribution in [2.75, 3.05) is 6.61 Å². The molecule has 2 aromatic carbocycles. The summed E-state index contributed by atoms with van der Waals surface area (Å²) in [4.78, 5) is 24.5. The van der Waals surface area contributed by atoms with Crippen LogP contribution in [-0.2, 0) is 9.53 Å². The van der Waals surface area contributed by atoms with E-state index in [1.54, 1.807) is 18.2 Å². The summed E-state index contributed by atoms with van der Waals surface area (Å²) >= 11 is 0. The molecule has 0 heterocycles. The van der Waals surface area contributed by atoms with Crippen molar-refractivity contribution in [2.45, 2.75) is 63.9 Å². The highest BCUT2D eigenvalue weighted by Crippen LogP contribution is 2.27. The number of ether oxygens (including phenoxy) is 3. The molecule has 0 saturated carbocycles. The Balaban J connectivity index is 1.99. The molecule has 2 aromatic rings. The number of benzene rings is 2. The molecule has 1 radical (unpaired) electrons. The van der Waals surface area contributed by atoms with Crippen molar-refractivity contribution >= 4 is 11.9 Å². The van der Waals surface area contributed by atoms with Gasteiger partial charge in [-0.15, -0.1) is 0 Å². The zero-order chi connectivity index (χ0) is 25.5. The Kier molecular flexibility index (Phi) is 11.5. The number of esters is 2. The number of halogens is 1. The fraction of sp³-hybridized carbons (Fsp3) is 0.393. The van der Waals surface area contributed by atoms with E-state index in [1.165, 1.54) is 18.2 Å². The van der Waals surface area contributed by atoms with Gasteiger partial charge in [0.2, 0.25) is 0 Å². The fourth-order valence-electron chi connectivity index (χ4n) is 3.54. The van der Waals surface area contributed by atoms with Gasteiger partial charge >= 0.3 is 11.9 Å². The van der Waals surface area contributed by atoms with Gasteiger partial charge in [-0.2, -0.15) is 5.26 Å². The van der Waals surface area contributed by atoms with Crippen molar-refractivity contribution in [1.29, 1.82) is 5.26 Å². The minimum absolute atomic E-state index is 0.139. The minimum atomic E-state index is -1.26. The van der Waals surface area contributed by atoms with Crippen LogP contribution >= 0.6 is 0 Å². The van der Waals surface area contributed by atoms with E-state index in [1.807, 2.05) is 0 Å². The summed E-state index contributed by atoms with van der Waals surface area (Å²) in [5, 5.41) is 9.82. The van der Waals surface area contributed by atoms with E-state index in [4.69, 9.17) is 14.2 Å². The van der Waals surface area contributed by atoms with Crippen LogP contribution in [0.2, 0.25) is 0 Å². The normalized spacial score (nSPS) is 12.1. The maximum Gasteiger partial charge on any atom is 0.347 e. The number of nitrogens with zero attached hydrogens (tertiary/aromatic N) is 1. The first kappa shape index (κ1) is 27.6. The molecule has 6 nitrogen and oxygen atoms in total. The SMILES string of the molecule is C=CC(=O)OC(C#N)(CCCCCCC)CCCOc1ccccc1C(=O)Oc1cc[c]cc1F. The quantitative estimate of drug-likeness (QED) is 0.128. The third-order valence-electron chi connectivity index (χ3n) is 5.42. The number of hydrogen-bond acceptors (Lipinski definition) is 6. The first-order valence-corrected chi connectivity index (χ1v) is 11.8. The van der Waals surface area contributed by atoms with Gasteiger partial charge < -0.3 is 14.2 Å². The van der Waals surface area contributed by atoms with E-state index >= 15 is 0 Å². The van der Waals surface area contributed by atoms with Crippen LogP contribution in [0.3, 0.4) is 0 Å². The van der Waals surface area contributed by atoms with Crippen molar-refractivity contribution in [2.24, 2.45) is 0 Å². The smallest absolute Gasteiger partial charge is 0.347 e. The molecule has 0 aliphatic heterocycles. The average Bonchev–Trinajstić information content (AvgIpc) is 2.87. The van der Waals surface area contributed by atoms with E-state index in [0.717, 1.165) is 44.2 Å². The van der Waals surface area contributed by atoms with Crippen molar-refractivity contribution < 1.29 is 28.2 Å². The van der Waals surface area contributed by atoms with E-state index in [-0.39, 0.29) is 30.1 Å². The first-order chi connectivity index (χ1) is 16.9. The second-order valence-electron chi connectivity index (χ2n) is 8.09. The Morgan fingerprint density at radius 1 is 1.11 bits per heavy atom. The van der Waals surface area contributed by atoms with Crippen molar-refractivity contribution in [3.8, 4) is 17.6 Å². The predicted molar refractivity (Wildman–Crippen MR) is 129 cm³/mol. The molecule has 0 fully saturated rings. The van der Waals surface area contributed by atoms with Gasteiger partial charge in [0.15, 0.2) is 17.2 Å². The van der Waals surface area contributed by atoms with Crippen molar-refractivity contribution in [3.63, 3.8) is 0 Å². The standard InChI is InChI=1S/C28H31FNO5/c1-3-5-6-7-12-18-28(21-30,35-26(31)4-2)19-13-20-33-24-16-10-8-14-22(24)27(32)34-25-17-11-9-15-23(25)29/h4,8,10-11,14-17H,2-3,5-7,12-13,18-20H2,1H3. The highest BCUT2D eigenvalue weighted by Gasteiger charge is 2.33. The molecule has 0 aliphatic rings. The summed E-state index contributed by atoms with van der Waals surface area (Å²) < 4.78 is 30.2. The average molecular weight is 481 g/mol. The number of carbonyl (C=O) groups excluding carboxylic acids is 2. The molecular weight excluding hydrogens is 449 g/mol. The topological polar surface area (TPSA) is 85.6 Å². The van der Waals surface area contributed by atoms with Crippen LogP contribution in [0.25, 0.3) is 0 Å². The lowest BCUT2D eigenvalue weighted by molar-refractivity contribution is -0.149. The minimum Gasteiger partial charge on any atom is -0.493 e. The number of rotatable bonds is 15. The Morgan fingerprint density at radius 2 is 1.86 bits per heavy atom. The molecule has 1 atom stereocenters. The van der Waals surface area contributed by atoms with E-state index in [2.05, 4.69) is 25.6 Å². The molecule has 2 rings (SSSR count). The molecular formula is C28H31FNO5. The summed E-state index contributed by atoms with van der Waals surface area (Å²) in [6, 6.07) is 15.0. The monoisotopic (exact) mass is 480 g/mol. The summed E-state index contributed by atoms with van der Waals surface area (Å²) in [7, 11) is 0. The van der Waals surface area contributed by atoms with E-state index in [9.17, 15) is 19.2 Å². The van der Waals surface area contributed by atoms with Crippen molar-refractivity contribution in [1.82, 2.24) is 0 Å². The van der Waals surface area contributed by atoms with Gasteiger partial charge in [0.1, 0.15) is 17.4 Å².